The maximum Gasteiger partial charge on any atom is 0.328 e. The fourth-order valence-corrected chi connectivity index (χ4v) is 2.84. The van der Waals surface area contributed by atoms with Gasteiger partial charge in [0, 0.05) is 18.7 Å². The Balaban J connectivity index is 2.35. The second-order valence-electron chi connectivity index (χ2n) is 5.74. The highest BCUT2D eigenvalue weighted by atomic mass is 16.5. The Morgan fingerprint density at radius 1 is 1.38 bits per heavy atom. The number of aromatic nitrogens is 2. The van der Waals surface area contributed by atoms with Gasteiger partial charge in [-0.05, 0) is 12.8 Å². The van der Waals surface area contributed by atoms with Crippen LogP contribution in [0.25, 0.3) is 0 Å². The normalized spacial score (nSPS) is 29.0. The predicted molar refractivity (Wildman–Crippen MR) is 79.3 cm³/mol. The summed E-state index contributed by atoms with van der Waals surface area (Å²) in [5.41, 5.74) is -0.550. The van der Waals surface area contributed by atoms with Crippen LogP contribution in [0.15, 0.2) is 15.8 Å². The minimum Gasteiger partial charge on any atom is -0.390 e. The molecule has 0 aliphatic carbocycles. The van der Waals surface area contributed by atoms with E-state index < -0.39 is 23.5 Å². The molecule has 118 valence electrons. The molecule has 4 atom stereocenters. The molecule has 1 aliphatic heterocycles. The SMILES string of the molecule is CCCCn1cc([C@@H]2O[C@H](CC)C(C)[C@@H]2O)c(=O)[nH]c1=O. The van der Waals surface area contributed by atoms with Gasteiger partial charge in [-0.15, -0.1) is 0 Å². The molecule has 1 aromatic rings. The minimum absolute atomic E-state index is 0.0320. The van der Waals surface area contributed by atoms with Crippen molar-refractivity contribution in [3.63, 3.8) is 0 Å². The van der Waals surface area contributed by atoms with Gasteiger partial charge in [-0.3, -0.25) is 9.78 Å². The molecule has 6 heteroatoms. The van der Waals surface area contributed by atoms with Crippen molar-refractivity contribution in [1.82, 2.24) is 9.55 Å². The number of aromatic amines is 1. The highest BCUT2D eigenvalue weighted by molar-refractivity contribution is 5.13. The van der Waals surface area contributed by atoms with Crippen LogP contribution in [0.4, 0.5) is 0 Å². The Kier molecular flexibility index (Phi) is 5.00. The standard InChI is InChI=1S/C15H24N2O4/c1-4-6-7-17-8-10(14(19)16-15(17)20)13-12(18)9(3)11(5-2)21-13/h8-9,11-13,18H,4-7H2,1-3H3,(H,16,19,20)/t9?,11-,12+,13+/m1/s1. The third-order valence-corrected chi connectivity index (χ3v) is 4.26. The summed E-state index contributed by atoms with van der Waals surface area (Å²) in [5.74, 6) is -0.0320. The van der Waals surface area contributed by atoms with Gasteiger partial charge in [-0.25, -0.2) is 4.79 Å². The van der Waals surface area contributed by atoms with E-state index in [1.54, 1.807) is 0 Å². The van der Waals surface area contributed by atoms with E-state index in [0.29, 0.717) is 12.1 Å². The number of hydrogen-bond acceptors (Lipinski definition) is 4. The van der Waals surface area contributed by atoms with Crippen LogP contribution in [-0.2, 0) is 11.3 Å². The van der Waals surface area contributed by atoms with Gasteiger partial charge in [0.2, 0.25) is 0 Å². The first-order valence-corrected chi connectivity index (χ1v) is 7.66. The minimum atomic E-state index is -0.729. The summed E-state index contributed by atoms with van der Waals surface area (Å²) >= 11 is 0. The summed E-state index contributed by atoms with van der Waals surface area (Å²) in [5, 5.41) is 10.3. The fraction of sp³-hybridized carbons (Fsp3) is 0.733. The molecule has 0 saturated carbocycles. The zero-order chi connectivity index (χ0) is 15.6. The lowest BCUT2D eigenvalue weighted by Gasteiger charge is -2.16. The molecule has 1 aliphatic rings. The maximum absolute atomic E-state index is 12.0. The van der Waals surface area contributed by atoms with Gasteiger partial charge in [-0.1, -0.05) is 27.2 Å². The van der Waals surface area contributed by atoms with E-state index in [4.69, 9.17) is 4.74 Å². The maximum atomic E-state index is 12.0. The van der Waals surface area contributed by atoms with Gasteiger partial charge < -0.3 is 14.4 Å². The molecule has 2 rings (SSSR count). The van der Waals surface area contributed by atoms with Gasteiger partial charge in [0.1, 0.15) is 6.10 Å². The molecule has 1 saturated heterocycles. The quantitative estimate of drug-likeness (QED) is 0.854. The largest absolute Gasteiger partial charge is 0.390 e. The molecule has 0 aromatic carbocycles. The van der Waals surface area contributed by atoms with Crippen LogP contribution in [-0.4, -0.2) is 26.9 Å². The van der Waals surface area contributed by atoms with Crippen molar-refractivity contribution in [3.05, 3.63) is 32.6 Å². The third-order valence-electron chi connectivity index (χ3n) is 4.26. The molecular formula is C15H24N2O4. The average molecular weight is 296 g/mol. The van der Waals surface area contributed by atoms with E-state index in [-0.39, 0.29) is 12.0 Å². The number of nitrogens with zero attached hydrogens (tertiary/aromatic N) is 1. The number of aliphatic hydroxyl groups excluding tert-OH is 1. The Labute approximate surface area is 123 Å². The van der Waals surface area contributed by atoms with Crippen molar-refractivity contribution in [2.24, 2.45) is 5.92 Å². The van der Waals surface area contributed by atoms with E-state index in [9.17, 15) is 14.7 Å². The molecule has 0 bridgehead atoms. The first-order valence-electron chi connectivity index (χ1n) is 7.66. The number of unbranched alkanes of at least 4 members (excludes halogenated alkanes) is 1. The van der Waals surface area contributed by atoms with Crippen LogP contribution < -0.4 is 11.2 Å². The Bertz CT molecular complexity index is 592. The summed E-state index contributed by atoms with van der Waals surface area (Å²) < 4.78 is 7.30. The van der Waals surface area contributed by atoms with Crippen LogP contribution in [0.1, 0.15) is 51.7 Å². The zero-order valence-electron chi connectivity index (χ0n) is 12.8. The van der Waals surface area contributed by atoms with Gasteiger partial charge in [0.15, 0.2) is 0 Å². The molecule has 0 radical (unpaired) electrons. The van der Waals surface area contributed by atoms with Crippen molar-refractivity contribution in [2.45, 2.75) is 64.9 Å². The summed E-state index contributed by atoms with van der Waals surface area (Å²) in [6.45, 7) is 6.49. The summed E-state index contributed by atoms with van der Waals surface area (Å²) in [7, 11) is 0. The van der Waals surface area contributed by atoms with E-state index in [0.717, 1.165) is 19.3 Å². The monoisotopic (exact) mass is 296 g/mol. The second kappa shape index (κ2) is 6.58. The summed E-state index contributed by atoms with van der Waals surface area (Å²) in [6, 6.07) is 0. The molecule has 1 unspecified atom stereocenters. The van der Waals surface area contributed by atoms with Gasteiger partial charge in [-0.2, -0.15) is 0 Å². The fourth-order valence-electron chi connectivity index (χ4n) is 2.84. The molecule has 6 nitrogen and oxygen atoms in total. The van der Waals surface area contributed by atoms with Crippen molar-refractivity contribution in [2.75, 3.05) is 0 Å². The molecule has 0 spiro atoms. The van der Waals surface area contributed by atoms with Crippen LogP contribution >= 0.6 is 0 Å². The Morgan fingerprint density at radius 3 is 2.67 bits per heavy atom. The summed E-state index contributed by atoms with van der Waals surface area (Å²) in [4.78, 5) is 26.1. The van der Waals surface area contributed by atoms with Gasteiger partial charge in [0.25, 0.3) is 5.56 Å². The number of rotatable bonds is 5. The van der Waals surface area contributed by atoms with E-state index in [1.807, 2.05) is 20.8 Å². The zero-order valence-corrected chi connectivity index (χ0v) is 12.8. The number of H-pyrrole nitrogens is 1. The topological polar surface area (TPSA) is 84.3 Å². The van der Waals surface area contributed by atoms with Crippen LogP contribution in [0, 0.1) is 5.92 Å². The Morgan fingerprint density at radius 2 is 2.10 bits per heavy atom. The second-order valence-corrected chi connectivity index (χ2v) is 5.74. The third kappa shape index (κ3) is 3.11. The van der Waals surface area contributed by atoms with Crippen molar-refractivity contribution < 1.29 is 9.84 Å². The molecule has 1 aromatic heterocycles. The lowest BCUT2D eigenvalue weighted by molar-refractivity contribution is 0.00652. The molecule has 2 heterocycles. The molecule has 21 heavy (non-hydrogen) atoms. The smallest absolute Gasteiger partial charge is 0.328 e. The van der Waals surface area contributed by atoms with Crippen LogP contribution in [0.5, 0.6) is 0 Å². The van der Waals surface area contributed by atoms with Crippen LogP contribution in [0.2, 0.25) is 0 Å². The van der Waals surface area contributed by atoms with Crippen molar-refractivity contribution in [1.29, 1.82) is 0 Å². The average Bonchev–Trinajstić information content (AvgIpc) is 2.74. The number of nitrogens with one attached hydrogen (secondary N) is 1. The van der Waals surface area contributed by atoms with Crippen LogP contribution in [0.3, 0.4) is 0 Å². The highest BCUT2D eigenvalue weighted by Gasteiger charge is 2.41. The van der Waals surface area contributed by atoms with Crippen molar-refractivity contribution in [3.8, 4) is 0 Å². The first-order chi connectivity index (χ1) is 9.99. The summed E-state index contributed by atoms with van der Waals surface area (Å²) in [6.07, 6.45) is 2.67. The molecule has 1 fully saturated rings. The highest BCUT2D eigenvalue weighted by Crippen LogP contribution is 2.36. The Hall–Kier alpha value is -1.40. The molecule has 2 N–H and O–H groups in total. The predicted octanol–water partition coefficient (Wildman–Crippen LogP) is 1.18. The lowest BCUT2D eigenvalue weighted by atomic mass is 9.95. The molecular weight excluding hydrogens is 272 g/mol. The van der Waals surface area contributed by atoms with Crippen molar-refractivity contribution >= 4 is 0 Å². The number of ether oxygens (including phenoxy) is 1. The first kappa shape index (κ1) is 16.0. The van der Waals surface area contributed by atoms with Gasteiger partial charge in [0.05, 0.1) is 17.8 Å². The van der Waals surface area contributed by atoms with E-state index >= 15 is 0 Å². The molecule has 0 amide bonds. The number of hydrogen-bond donors (Lipinski definition) is 2. The van der Waals surface area contributed by atoms with Gasteiger partial charge >= 0.3 is 5.69 Å². The van der Waals surface area contributed by atoms with E-state index in [1.165, 1.54) is 10.8 Å². The number of aryl methyl sites for hydroxylation is 1. The number of aliphatic hydroxyl groups is 1. The lowest BCUT2D eigenvalue weighted by Crippen LogP contribution is -2.34. The van der Waals surface area contributed by atoms with E-state index in [2.05, 4.69) is 4.98 Å².